The number of imide groups is 1. The van der Waals surface area contributed by atoms with Crippen LogP contribution in [0.3, 0.4) is 0 Å². The van der Waals surface area contributed by atoms with Crippen LogP contribution in [0.15, 0.2) is 181 Å². The first-order chi connectivity index (χ1) is 34.3. The van der Waals surface area contributed by atoms with Crippen LogP contribution in [0.25, 0.3) is 0 Å². The number of fused-ring (bicyclic) bond motifs is 1. The van der Waals surface area contributed by atoms with Crippen molar-refractivity contribution in [2.75, 3.05) is 13.2 Å². The maximum atomic E-state index is 14.3. The minimum atomic E-state index is -1.60. The van der Waals surface area contributed by atoms with Crippen LogP contribution in [-0.2, 0) is 69.1 Å². The average molecular weight is 966 g/mol. The van der Waals surface area contributed by atoms with Gasteiger partial charge in [0.05, 0.1) is 50.8 Å². The molecule has 3 aliphatic rings. The highest BCUT2D eigenvalue weighted by molar-refractivity contribution is 7.99. The van der Waals surface area contributed by atoms with Gasteiger partial charge in [0.2, 0.25) is 0 Å². The maximum absolute atomic E-state index is 14.3. The first-order valence-electron chi connectivity index (χ1n) is 23.4. The number of amides is 2. The average Bonchev–Trinajstić information content (AvgIpc) is 3.63. The SMILES string of the molecule is CC(=O)O[C@H]1[C@H](O[C@H]2[C@H](O)[C@@H](N3C(=O)c4ccccc4C3=O)[C@H](Sc3ccccc3)O[C@@H]2COCc2ccccc2)O[C@H](COCc2ccccc2)[C@H](OCc2ccccc2)[C@@H]1OCc1ccccc1. The van der Waals surface area contributed by atoms with E-state index in [0.29, 0.717) is 0 Å². The lowest BCUT2D eigenvalue weighted by Crippen LogP contribution is -2.68. The van der Waals surface area contributed by atoms with Crippen molar-refractivity contribution < 1.29 is 57.4 Å². The van der Waals surface area contributed by atoms with Crippen molar-refractivity contribution in [2.24, 2.45) is 0 Å². The normalized spacial score (nSPS) is 25.4. The molecule has 0 bridgehead atoms. The minimum absolute atomic E-state index is 0.00695. The van der Waals surface area contributed by atoms with E-state index < -0.39 is 78.3 Å². The Morgan fingerprint density at radius 1 is 0.543 bits per heavy atom. The second-order valence-corrected chi connectivity index (χ2v) is 18.4. The highest BCUT2D eigenvalue weighted by Gasteiger charge is 2.57. The summed E-state index contributed by atoms with van der Waals surface area (Å²) in [5, 5.41) is 13.0. The molecule has 2 fully saturated rings. The van der Waals surface area contributed by atoms with E-state index in [4.69, 9.17) is 37.9 Å². The fourth-order valence-corrected chi connectivity index (χ4v) is 10.1. The van der Waals surface area contributed by atoms with Crippen LogP contribution in [0, 0.1) is 0 Å². The number of aliphatic hydroxyl groups excluding tert-OH is 1. The van der Waals surface area contributed by atoms with E-state index in [9.17, 15) is 19.5 Å². The number of carbonyl (C=O) groups is 3. The Bertz CT molecular complexity index is 2580. The van der Waals surface area contributed by atoms with Gasteiger partial charge < -0.3 is 43.0 Å². The molecular weight excluding hydrogens is 911 g/mol. The lowest BCUT2D eigenvalue weighted by molar-refractivity contribution is -0.347. The molecule has 362 valence electrons. The van der Waals surface area contributed by atoms with Crippen LogP contribution in [-0.4, -0.2) is 101 Å². The second kappa shape index (κ2) is 23.7. The molecule has 0 aromatic heterocycles. The Labute approximate surface area is 411 Å². The minimum Gasteiger partial charge on any atom is -0.454 e. The molecule has 9 rings (SSSR count). The van der Waals surface area contributed by atoms with Gasteiger partial charge in [0.25, 0.3) is 11.8 Å². The fourth-order valence-electron chi connectivity index (χ4n) is 8.94. The molecule has 1 N–H and O–H groups in total. The number of benzene rings is 6. The molecular formula is C56H55NO12S. The highest BCUT2D eigenvalue weighted by atomic mass is 32.2. The van der Waals surface area contributed by atoms with Crippen LogP contribution < -0.4 is 0 Å². The summed E-state index contributed by atoms with van der Waals surface area (Å²) in [4.78, 5) is 43.8. The summed E-state index contributed by atoms with van der Waals surface area (Å²) in [6.07, 6.45) is -9.55. The van der Waals surface area contributed by atoms with Crippen LogP contribution >= 0.6 is 11.8 Å². The van der Waals surface area contributed by atoms with Gasteiger partial charge in [0.15, 0.2) is 12.4 Å². The van der Waals surface area contributed by atoms with Crippen LogP contribution in [0.2, 0.25) is 0 Å². The second-order valence-electron chi connectivity index (χ2n) is 17.2. The first-order valence-corrected chi connectivity index (χ1v) is 24.2. The predicted octanol–water partition coefficient (Wildman–Crippen LogP) is 8.18. The zero-order valence-electron chi connectivity index (χ0n) is 38.6. The largest absolute Gasteiger partial charge is 0.454 e. The predicted molar refractivity (Wildman–Crippen MR) is 259 cm³/mol. The molecule has 14 heteroatoms. The van der Waals surface area contributed by atoms with Crippen molar-refractivity contribution >= 4 is 29.5 Å². The number of aliphatic hydroxyl groups is 1. The molecule has 0 spiro atoms. The van der Waals surface area contributed by atoms with Crippen molar-refractivity contribution in [3.8, 4) is 0 Å². The summed E-state index contributed by atoms with van der Waals surface area (Å²) < 4.78 is 53.1. The molecule has 0 unspecified atom stereocenters. The molecule has 13 nitrogen and oxygen atoms in total. The molecule has 0 saturated carbocycles. The smallest absolute Gasteiger partial charge is 0.303 e. The van der Waals surface area contributed by atoms with Gasteiger partial charge in [-0.25, -0.2) is 0 Å². The Balaban J connectivity index is 1.09. The molecule has 2 saturated heterocycles. The third kappa shape index (κ3) is 11.9. The van der Waals surface area contributed by atoms with Gasteiger partial charge in [-0.15, -0.1) is 0 Å². The van der Waals surface area contributed by atoms with Gasteiger partial charge >= 0.3 is 5.97 Å². The van der Waals surface area contributed by atoms with Crippen LogP contribution in [0.4, 0.5) is 0 Å². The first kappa shape index (κ1) is 49.0. The number of rotatable bonds is 20. The number of hydrogen-bond acceptors (Lipinski definition) is 13. The van der Waals surface area contributed by atoms with Crippen LogP contribution in [0.5, 0.6) is 0 Å². The topological polar surface area (TPSA) is 149 Å². The quantitative estimate of drug-likeness (QED) is 0.0580. The van der Waals surface area contributed by atoms with Crippen molar-refractivity contribution in [2.45, 2.75) is 98.7 Å². The zero-order valence-corrected chi connectivity index (χ0v) is 39.4. The molecule has 6 aromatic carbocycles. The van der Waals surface area contributed by atoms with E-state index in [-0.39, 0.29) is 50.8 Å². The van der Waals surface area contributed by atoms with Gasteiger partial charge in [-0.1, -0.05) is 163 Å². The Kier molecular flexibility index (Phi) is 16.6. The zero-order chi connectivity index (χ0) is 48.2. The molecule has 3 heterocycles. The Hall–Kier alpha value is -6.04. The standard InChI is InChI=1S/C56H55NO12S/c1-37(58)66-52-51(65-34-41-25-13-5-14-26-41)50(64-33-40-23-11-4-12-24-40)46(36-63-32-39-21-9-3-10-22-39)67-55(52)69-49-45(35-62-31-38-19-7-2-8-20-38)68-56(70-42-27-15-6-16-28-42)47(48(49)59)57-53(60)43-29-17-18-30-44(43)54(57)61/h2-30,45-52,55-56,59H,31-36H2,1H3/t45-,46-,47-,48-,49-,50+,51+,52-,55+,56+/m1/s1. The Morgan fingerprint density at radius 3 is 1.46 bits per heavy atom. The number of nitrogens with zero attached hydrogens (tertiary/aromatic N) is 1. The molecule has 10 atom stereocenters. The number of carbonyl (C=O) groups excluding carboxylic acids is 3. The van der Waals surface area contributed by atoms with Gasteiger partial charge in [0, 0.05) is 11.8 Å². The summed E-state index contributed by atoms with van der Waals surface area (Å²) in [5.41, 5.74) is 2.99. The maximum Gasteiger partial charge on any atom is 0.303 e. The molecule has 70 heavy (non-hydrogen) atoms. The summed E-state index contributed by atoms with van der Waals surface area (Å²) in [6.45, 7) is 1.89. The van der Waals surface area contributed by atoms with Gasteiger partial charge in [-0.05, 0) is 46.5 Å². The molecule has 0 aliphatic carbocycles. The molecule has 0 radical (unpaired) electrons. The number of esters is 1. The van der Waals surface area contributed by atoms with Crippen LogP contribution in [0.1, 0.15) is 49.9 Å². The van der Waals surface area contributed by atoms with E-state index in [2.05, 4.69) is 0 Å². The van der Waals surface area contributed by atoms with E-state index in [0.717, 1.165) is 32.0 Å². The lowest BCUT2D eigenvalue weighted by Gasteiger charge is -2.50. The van der Waals surface area contributed by atoms with Gasteiger partial charge in [0.1, 0.15) is 48.1 Å². The summed E-state index contributed by atoms with van der Waals surface area (Å²) in [7, 11) is 0. The lowest BCUT2D eigenvalue weighted by atomic mass is 9.95. The third-order valence-corrected chi connectivity index (χ3v) is 13.5. The van der Waals surface area contributed by atoms with E-state index in [1.54, 1.807) is 24.3 Å². The number of ether oxygens (including phenoxy) is 8. The van der Waals surface area contributed by atoms with Gasteiger partial charge in [-0.2, -0.15) is 0 Å². The number of thioether (sulfide) groups is 1. The highest BCUT2D eigenvalue weighted by Crippen LogP contribution is 2.41. The fraction of sp³-hybridized carbons (Fsp3) is 0.304. The molecule has 6 aromatic rings. The molecule has 3 aliphatic heterocycles. The third-order valence-electron chi connectivity index (χ3n) is 12.3. The van der Waals surface area contributed by atoms with Crippen molar-refractivity contribution in [1.82, 2.24) is 4.90 Å². The van der Waals surface area contributed by atoms with Crippen molar-refractivity contribution in [1.29, 1.82) is 0 Å². The summed E-state index contributed by atoms with van der Waals surface area (Å²) >= 11 is 1.26. The van der Waals surface area contributed by atoms with Crippen molar-refractivity contribution in [3.63, 3.8) is 0 Å². The summed E-state index contributed by atoms with van der Waals surface area (Å²) in [6, 6.07) is 53.1. The van der Waals surface area contributed by atoms with E-state index in [1.807, 2.05) is 152 Å². The van der Waals surface area contributed by atoms with Gasteiger partial charge in [-0.3, -0.25) is 19.3 Å². The molecule has 2 amide bonds. The van der Waals surface area contributed by atoms with E-state index >= 15 is 0 Å². The van der Waals surface area contributed by atoms with Crippen molar-refractivity contribution in [3.05, 3.63) is 209 Å². The Morgan fingerprint density at radius 2 is 0.971 bits per heavy atom. The summed E-state index contributed by atoms with van der Waals surface area (Å²) in [5.74, 6) is -1.82. The number of hydrogen-bond donors (Lipinski definition) is 1. The van der Waals surface area contributed by atoms with E-state index in [1.165, 1.54) is 18.7 Å². The monoisotopic (exact) mass is 965 g/mol.